The van der Waals surface area contributed by atoms with Gasteiger partial charge in [-0.05, 0) is 49.4 Å². The van der Waals surface area contributed by atoms with E-state index in [0.29, 0.717) is 22.9 Å². The van der Waals surface area contributed by atoms with Gasteiger partial charge < -0.3 is 15.4 Å². The molecule has 1 saturated carbocycles. The molecular formula is C19H26N2O3S2. The maximum absolute atomic E-state index is 12.2. The number of fused-ring (bicyclic) bond motifs is 1. The van der Waals surface area contributed by atoms with Gasteiger partial charge in [0.2, 0.25) is 5.91 Å². The zero-order valence-electron chi connectivity index (χ0n) is 15.2. The third kappa shape index (κ3) is 4.62. The Balaban J connectivity index is 1.54. The smallest absolute Gasteiger partial charge is 0.341 e. The highest BCUT2D eigenvalue weighted by Gasteiger charge is 2.27. The number of aryl methyl sites for hydroxylation is 1. The van der Waals surface area contributed by atoms with Crippen LogP contribution < -0.4 is 10.6 Å². The van der Waals surface area contributed by atoms with E-state index in [4.69, 9.17) is 17.0 Å². The lowest BCUT2D eigenvalue weighted by atomic mass is 9.86. The number of amides is 1. The highest BCUT2D eigenvalue weighted by Crippen LogP contribution is 2.39. The molecule has 2 aliphatic rings. The lowest BCUT2D eigenvalue weighted by Crippen LogP contribution is -2.34. The van der Waals surface area contributed by atoms with Crippen LogP contribution in [0.3, 0.4) is 0 Å². The number of ether oxygens (including phenoxy) is 1. The minimum atomic E-state index is -0.349. The molecule has 1 aromatic rings. The van der Waals surface area contributed by atoms with Gasteiger partial charge in [-0.2, -0.15) is 0 Å². The van der Waals surface area contributed by atoms with Crippen molar-refractivity contribution in [1.29, 1.82) is 0 Å². The van der Waals surface area contributed by atoms with Crippen LogP contribution in [0.4, 0.5) is 5.00 Å². The minimum absolute atomic E-state index is 0.0585. The van der Waals surface area contributed by atoms with Crippen LogP contribution in [0.1, 0.15) is 72.2 Å². The Bertz CT molecular complexity index is 693. The number of methoxy groups -OCH3 is 1. The molecule has 142 valence electrons. The van der Waals surface area contributed by atoms with Crippen LogP contribution in [0.25, 0.3) is 0 Å². The second-order valence-electron chi connectivity index (χ2n) is 7.10. The van der Waals surface area contributed by atoms with E-state index in [2.05, 4.69) is 10.6 Å². The molecule has 2 N–H and O–H groups in total. The van der Waals surface area contributed by atoms with Crippen LogP contribution in [-0.2, 0) is 22.4 Å². The number of hydrogen-bond donors (Lipinski definition) is 2. The van der Waals surface area contributed by atoms with Crippen molar-refractivity contribution < 1.29 is 14.3 Å². The van der Waals surface area contributed by atoms with Gasteiger partial charge in [0.1, 0.15) is 5.00 Å². The summed E-state index contributed by atoms with van der Waals surface area (Å²) in [6, 6.07) is 0. The summed E-state index contributed by atoms with van der Waals surface area (Å²) >= 11 is 6.82. The van der Waals surface area contributed by atoms with Crippen molar-refractivity contribution in [3.63, 3.8) is 0 Å². The van der Waals surface area contributed by atoms with Gasteiger partial charge in [0.15, 0.2) is 5.11 Å². The first-order valence-corrected chi connectivity index (χ1v) is 10.6. The molecule has 0 spiro atoms. The molecule has 7 heteroatoms. The molecule has 0 unspecified atom stereocenters. The number of rotatable bonds is 5. The van der Waals surface area contributed by atoms with Gasteiger partial charge in [-0.3, -0.25) is 4.79 Å². The predicted octanol–water partition coefficient (Wildman–Crippen LogP) is 4.20. The molecule has 0 aromatic carbocycles. The Kier molecular flexibility index (Phi) is 6.64. The van der Waals surface area contributed by atoms with E-state index in [-0.39, 0.29) is 17.0 Å². The van der Waals surface area contributed by atoms with Crippen molar-refractivity contribution in [2.45, 2.75) is 64.2 Å². The molecule has 0 saturated heterocycles. The van der Waals surface area contributed by atoms with E-state index in [1.807, 2.05) is 0 Å². The maximum atomic E-state index is 12.2. The Morgan fingerprint density at radius 3 is 2.69 bits per heavy atom. The quantitative estimate of drug-likeness (QED) is 0.579. The van der Waals surface area contributed by atoms with Crippen molar-refractivity contribution in [3.05, 3.63) is 16.0 Å². The fraction of sp³-hybridized carbons (Fsp3) is 0.632. The molecule has 5 nitrogen and oxygen atoms in total. The van der Waals surface area contributed by atoms with Crippen LogP contribution in [0, 0.1) is 5.92 Å². The number of thiocarbonyl (C=S) groups is 1. The van der Waals surface area contributed by atoms with Crippen molar-refractivity contribution in [3.8, 4) is 0 Å². The molecule has 1 fully saturated rings. The number of carbonyl (C=O) groups excluding carboxylic acids is 2. The predicted molar refractivity (Wildman–Crippen MR) is 108 cm³/mol. The van der Waals surface area contributed by atoms with Crippen molar-refractivity contribution >= 4 is 45.5 Å². The molecule has 2 aliphatic carbocycles. The van der Waals surface area contributed by atoms with Gasteiger partial charge in [0.25, 0.3) is 0 Å². The third-order valence-electron chi connectivity index (χ3n) is 5.30. The lowest BCUT2D eigenvalue weighted by molar-refractivity contribution is -0.120. The SMILES string of the molecule is COC(=O)c1c(NC(=S)NC(=O)CCC2CCCCC2)sc2c1CCC2. The van der Waals surface area contributed by atoms with E-state index in [0.717, 1.165) is 31.2 Å². The molecule has 0 bridgehead atoms. The third-order valence-corrected chi connectivity index (χ3v) is 6.71. The van der Waals surface area contributed by atoms with E-state index >= 15 is 0 Å². The first kappa shape index (κ1) is 19.3. The van der Waals surface area contributed by atoms with Crippen LogP contribution in [0.15, 0.2) is 0 Å². The monoisotopic (exact) mass is 394 g/mol. The van der Waals surface area contributed by atoms with Crippen LogP contribution in [0.5, 0.6) is 0 Å². The molecular weight excluding hydrogens is 368 g/mol. The number of hydrogen-bond acceptors (Lipinski definition) is 5. The van der Waals surface area contributed by atoms with Crippen molar-refractivity contribution in [2.24, 2.45) is 5.92 Å². The molecule has 3 rings (SSSR count). The van der Waals surface area contributed by atoms with Crippen LogP contribution >= 0.6 is 23.6 Å². The summed E-state index contributed by atoms with van der Waals surface area (Å²) in [4.78, 5) is 25.5. The molecule has 0 radical (unpaired) electrons. The zero-order valence-corrected chi connectivity index (χ0v) is 16.8. The normalized spacial score (nSPS) is 16.8. The topological polar surface area (TPSA) is 67.4 Å². The summed E-state index contributed by atoms with van der Waals surface area (Å²) in [5.74, 6) is 0.261. The van der Waals surface area contributed by atoms with E-state index < -0.39 is 0 Å². The van der Waals surface area contributed by atoms with Gasteiger partial charge >= 0.3 is 5.97 Å². The number of thiophene rings is 1. The molecule has 26 heavy (non-hydrogen) atoms. The average molecular weight is 395 g/mol. The first-order chi connectivity index (χ1) is 12.6. The molecule has 1 heterocycles. The van der Waals surface area contributed by atoms with E-state index in [9.17, 15) is 9.59 Å². The second-order valence-corrected chi connectivity index (χ2v) is 8.61. The molecule has 1 aromatic heterocycles. The molecule has 0 aliphatic heterocycles. The van der Waals surface area contributed by atoms with E-state index in [1.54, 1.807) is 0 Å². The summed E-state index contributed by atoms with van der Waals surface area (Å²) in [6.45, 7) is 0. The Hall–Kier alpha value is -1.47. The molecule has 1 amide bonds. The van der Waals surface area contributed by atoms with Gasteiger partial charge in [-0.15, -0.1) is 11.3 Å². The largest absolute Gasteiger partial charge is 0.465 e. The molecule has 0 atom stereocenters. The minimum Gasteiger partial charge on any atom is -0.465 e. The lowest BCUT2D eigenvalue weighted by Gasteiger charge is -2.21. The Morgan fingerprint density at radius 2 is 1.96 bits per heavy atom. The van der Waals surface area contributed by atoms with E-state index in [1.165, 1.54) is 55.4 Å². The number of anilines is 1. The average Bonchev–Trinajstić information content (AvgIpc) is 3.20. The number of carbonyl (C=O) groups is 2. The fourth-order valence-electron chi connectivity index (χ4n) is 3.94. The van der Waals surface area contributed by atoms with Gasteiger partial charge in [0, 0.05) is 11.3 Å². The second kappa shape index (κ2) is 8.95. The van der Waals surface area contributed by atoms with Gasteiger partial charge in [0.05, 0.1) is 12.7 Å². The zero-order chi connectivity index (χ0) is 18.5. The summed E-state index contributed by atoms with van der Waals surface area (Å²) in [6.07, 6.45) is 10.7. The van der Waals surface area contributed by atoms with Crippen molar-refractivity contribution in [2.75, 3.05) is 12.4 Å². The Labute approximate surface area is 163 Å². The number of esters is 1. The van der Waals surface area contributed by atoms with Crippen molar-refractivity contribution in [1.82, 2.24) is 5.32 Å². The van der Waals surface area contributed by atoms with Gasteiger partial charge in [-0.1, -0.05) is 32.1 Å². The summed E-state index contributed by atoms with van der Waals surface area (Å²) in [5, 5.41) is 6.73. The highest BCUT2D eigenvalue weighted by molar-refractivity contribution is 7.80. The first-order valence-electron chi connectivity index (χ1n) is 9.42. The van der Waals surface area contributed by atoms with Crippen LogP contribution in [-0.4, -0.2) is 24.1 Å². The highest BCUT2D eigenvalue weighted by atomic mass is 32.1. The standard InChI is InChI=1S/C19H26N2O3S2/c1-24-18(23)16-13-8-5-9-14(13)26-17(16)21-19(25)20-15(22)11-10-12-6-3-2-4-7-12/h12H,2-11H2,1H3,(H2,20,21,22,25). The summed E-state index contributed by atoms with van der Waals surface area (Å²) in [7, 11) is 1.39. The number of nitrogens with one attached hydrogen (secondary N) is 2. The summed E-state index contributed by atoms with van der Waals surface area (Å²) < 4.78 is 4.93. The maximum Gasteiger partial charge on any atom is 0.341 e. The van der Waals surface area contributed by atoms with Gasteiger partial charge in [-0.25, -0.2) is 4.79 Å². The van der Waals surface area contributed by atoms with Crippen LogP contribution in [0.2, 0.25) is 0 Å². The Morgan fingerprint density at radius 1 is 1.19 bits per heavy atom. The summed E-state index contributed by atoms with van der Waals surface area (Å²) in [5.41, 5.74) is 1.64. The fourth-order valence-corrected chi connectivity index (χ4v) is 5.51.